The van der Waals surface area contributed by atoms with Crippen molar-refractivity contribution in [2.24, 2.45) is 5.73 Å². The number of methoxy groups -OCH3 is 1. The predicted octanol–water partition coefficient (Wildman–Crippen LogP) is 2.83. The molecule has 0 aromatic heterocycles. The van der Waals surface area contributed by atoms with Crippen LogP contribution < -0.4 is 10.5 Å². The fourth-order valence-electron chi connectivity index (χ4n) is 2.66. The highest BCUT2D eigenvalue weighted by molar-refractivity contribution is 5.49. The Morgan fingerprint density at radius 1 is 1.24 bits per heavy atom. The van der Waals surface area contributed by atoms with Crippen LogP contribution in [0.4, 0.5) is 0 Å². The quantitative estimate of drug-likeness (QED) is 0.828. The molecule has 94 valence electrons. The number of aryl methyl sites for hydroxylation is 1. The average Bonchev–Trinajstić information content (AvgIpc) is 2.33. The molecule has 1 fully saturated rings. The summed E-state index contributed by atoms with van der Waals surface area (Å²) in [6.07, 6.45) is 5.66. The van der Waals surface area contributed by atoms with Crippen molar-refractivity contribution in [3.63, 3.8) is 0 Å². The Balaban J connectivity index is 2.41. The Morgan fingerprint density at radius 2 is 1.88 bits per heavy atom. The van der Waals surface area contributed by atoms with Gasteiger partial charge in [0.15, 0.2) is 11.5 Å². The predicted molar refractivity (Wildman–Crippen MR) is 68.3 cm³/mol. The number of nitrogens with two attached hydrogens (primary N) is 1. The summed E-state index contributed by atoms with van der Waals surface area (Å²) in [6, 6.07) is 3.87. The first-order chi connectivity index (χ1) is 8.07. The number of hydrogen-bond acceptors (Lipinski definition) is 3. The van der Waals surface area contributed by atoms with Crippen LogP contribution in [0.25, 0.3) is 0 Å². The summed E-state index contributed by atoms with van der Waals surface area (Å²) in [6.45, 7) is 1.88. The van der Waals surface area contributed by atoms with Crippen molar-refractivity contribution in [1.29, 1.82) is 0 Å². The zero-order valence-electron chi connectivity index (χ0n) is 10.6. The van der Waals surface area contributed by atoms with Gasteiger partial charge in [0.1, 0.15) is 0 Å². The molecule has 3 heteroatoms. The van der Waals surface area contributed by atoms with Crippen molar-refractivity contribution in [2.75, 3.05) is 7.11 Å². The fourth-order valence-corrected chi connectivity index (χ4v) is 2.66. The van der Waals surface area contributed by atoms with E-state index in [9.17, 15) is 5.11 Å². The number of phenolic OH excluding ortho intramolecular Hbond substituents is 1. The van der Waals surface area contributed by atoms with E-state index in [-0.39, 0.29) is 11.3 Å². The average molecular weight is 235 g/mol. The van der Waals surface area contributed by atoms with Gasteiger partial charge in [0.25, 0.3) is 0 Å². The molecule has 1 saturated carbocycles. The molecule has 0 amide bonds. The molecular weight excluding hydrogens is 214 g/mol. The second-order valence-electron chi connectivity index (χ2n) is 5.06. The van der Waals surface area contributed by atoms with E-state index in [0.29, 0.717) is 5.75 Å². The van der Waals surface area contributed by atoms with Gasteiger partial charge in [-0.1, -0.05) is 25.3 Å². The molecule has 0 spiro atoms. The molecule has 0 radical (unpaired) electrons. The second kappa shape index (κ2) is 4.57. The maximum Gasteiger partial charge on any atom is 0.161 e. The lowest BCUT2D eigenvalue weighted by Gasteiger charge is -2.34. The number of aromatic hydroxyl groups is 1. The molecule has 0 bridgehead atoms. The lowest BCUT2D eigenvalue weighted by atomic mass is 9.77. The number of phenols is 1. The molecule has 0 heterocycles. The lowest BCUT2D eigenvalue weighted by molar-refractivity contribution is 0.299. The van der Waals surface area contributed by atoms with E-state index in [4.69, 9.17) is 10.5 Å². The third kappa shape index (κ3) is 2.25. The first-order valence-electron chi connectivity index (χ1n) is 6.24. The highest BCUT2D eigenvalue weighted by Crippen LogP contribution is 2.39. The van der Waals surface area contributed by atoms with Crippen LogP contribution in [0.15, 0.2) is 12.1 Å². The third-order valence-electron chi connectivity index (χ3n) is 3.81. The van der Waals surface area contributed by atoms with Gasteiger partial charge in [-0.15, -0.1) is 0 Å². The Morgan fingerprint density at radius 3 is 2.47 bits per heavy atom. The van der Waals surface area contributed by atoms with E-state index >= 15 is 0 Å². The second-order valence-corrected chi connectivity index (χ2v) is 5.06. The van der Waals surface area contributed by atoms with E-state index in [1.807, 2.05) is 19.1 Å². The van der Waals surface area contributed by atoms with E-state index in [1.54, 1.807) is 7.11 Å². The minimum atomic E-state index is -0.246. The van der Waals surface area contributed by atoms with Crippen molar-refractivity contribution in [3.05, 3.63) is 23.3 Å². The summed E-state index contributed by atoms with van der Waals surface area (Å²) < 4.78 is 5.20. The van der Waals surface area contributed by atoms with Crippen molar-refractivity contribution in [2.45, 2.75) is 44.6 Å². The number of hydrogen-bond donors (Lipinski definition) is 2. The Kier molecular flexibility index (Phi) is 3.29. The van der Waals surface area contributed by atoms with Crippen LogP contribution in [-0.4, -0.2) is 12.2 Å². The van der Waals surface area contributed by atoms with Gasteiger partial charge in [0.05, 0.1) is 7.11 Å². The molecule has 1 aromatic carbocycles. The summed E-state index contributed by atoms with van der Waals surface area (Å²) >= 11 is 0. The molecule has 1 aromatic rings. The van der Waals surface area contributed by atoms with E-state index in [0.717, 1.165) is 24.0 Å². The first-order valence-corrected chi connectivity index (χ1v) is 6.24. The van der Waals surface area contributed by atoms with Crippen LogP contribution >= 0.6 is 0 Å². The van der Waals surface area contributed by atoms with Crippen LogP contribution in [0, 0.1) is 6.92 Å². The molecule has 0 aliphatic heterocycles. The summed E-state index contributed by atoms with van der Waals surface area (Å²) in [5.74, 6) is 0.742. The Labute approximate surface area is 103 Å². The number of ether oxygens (including phenoxy) is 1. The van der Waals surface area contributed by atoms with Gasteiger partial charge in [0, 0.05) is 5.54 Å². The number of rotatable bonds is 2. The van der Waals surface area contributed by atoms with Gasteiger partial charge in [-0.2, -0.15) is 0 Å². The SMILES string of the molecule is COc1cc(C2(N)CCCCC2)cc(C)c1O. The third-order valence-corrected chi connectivity index (χ3v) is 3.81. The largest absolute Gasteiger partial charge is 0.504 e. The smallest absolute Gasteiger partial charge is 0.161 e. The molecule has 17 heavy (non-hydrogen) atoms. The van der Waals surface area contributed by atoms with Crippen molar-refractivity contribution < 1.29 is 9.84 Å². The minimum Gasteiger partial charge on any atom is -0.504 e. The standard InChI is InChI=1S/C14H21NO2/c1-10-8-11(9-12(17-2)13(10)16)14(15)6-4-3-5-7-14/h8-9,16H,3-7,15H2,1-2H3. The zero-order valence-corrected chi connectivity index (χ0v) is 10.6. The van der Waals surface area contributed by atoms with Crippen LogP contribution in [-0.2, 0) is 5.54 Å². The molecule has 3 nitrogen and oxygen atoms in total. The fraction of sp³-hybridized carbons (Fsp3) is 0.571. The topological polar surface area (TPSA) is 55.5 Å². The molecule has 1 aliphatic rings. The molecule has 0 unspecified atom stereocenters. The highest BCUT2D eigenvalue weighted by Gasteiger charge is 2.30. The molecule has 3 N–H and O–H groups in total. The van der Waals surface area contributed by atoms with Crippen LogP contribution in [0.2, 0.25) is 0 Å². The lowest BCUT2D eigenvalue weighted by Crippen LogP contribution is -2.38. The van der Waals surface area contributed by atoms with Crippen molar-refractivity contribution in [1.82, 2.24) is 0 Å². The van der Waals surface area contributed by atoms with Crippen LogP contribution in [0.1, 0.15) is 43.2 Å². The van der Waals surface area contributed by atoms with E-state index < -0.39 is 0 Å². The Bertz CT molecular complexity index is 409. The van der Waals surface area contributed by atoms with Gasteiger partial charge in [-0.25, -0.2) is 0 Å². The maximum absolute atomic E-state index is 9.84. The summed E-state index contributed by atoms with van der Waals surface area (Å²) in [7, 11) is 1.57. The molecule has 1 aliphatic carbocycles. The van der Waals surface area contributed by atoms with Crippen molar-refractivity contribution in [3.8, 4) is 11.5 Å². The minimum absolute atomic E-state index is 0.218. The number of benzene rings is 1. The summed E-state index contributed by atoms with van der Waals surface area (Å²) in [5.41, 5.74) is 8.16. The van der Waals surface area contributed by atoms with Crippen LogP contribution in [0.5, 0.6) is 11.5 Å². The molecule has 0 saturated heterocycles. The van der Waals surface area contributed by atoms with Gasteiger partial charge in [0.2, 0.25) is 0 Å². The Hall–Kier alpha value is -1.22. The molecule has 2 rings (SSSR count). The van der Waals surface area contributed by atoms with Gasteiger partial charge in [-0.05, 0) is 37.0 Å². The van der Waals surface area contributed by atoms with E-state index in [1.165, 1.54) is 19.3 Å². The zero-order chi connectivity index (χ0) is 12.5. The summed E-state index contributed by atoms with van der Waals surface area (Å²) in [5, 5.41) is 9.84. The summed E-state index contributed by atoms with van der Waals surface area (Å²) in [4.78, 5) is 0. The van der Waals surface area contributed by atoms with Gasteiger partial charge >= 0.3 is 0 Å². The maximum atomic E-state index is 9.84. The molecular formula is C14H21NO2. The normalized spacial score (nSPS) is 19.0. The first kappa shape index (κ1) is 12.2. The van der Waals surface area contributed by atoms with Gasteiger partial charge in [-0.3, -0.25) is 0 Å². The molecule has 0 atom stereocenters. The monoisotopic (exact) mass is 235 g/mol. The van der Waals surface area contributed by atoms with Gasteiger partial charge < -0.3 is 15.6 Å². The highest BCUT2D eigenvalue weighted by atomic mass is 16.5. The van der Waals surface area contributed by atoms with Crippen molar-refractivity contribution >= 4 is 0 Å². The van der Waals surface area contributed by atoms with Crippen LogP contribution in [0.3, 0.4) is 0 Å². The van der Waals surface area contributed by atoms with E-state index in [2.05, 4.69) is 0 Å².